The molecule has 1 heterocycles. The van der Waals surface area contributed by atoms with Gasteiger partial charge in [-0.1, -0.05) is 0 Å². The fourth-order valence-corrected chi connectivity index (χ4v) is 0.983. The Hall–Kier alpha value is -1.23. The summed E-state index contributed by atoms with van der Waals surface area (Å²) in [4.78, 5) is 12.1. The monoisotopic (exact) mass is 195 g/mol. The number of aromatic nitrogens is 3. The van der Waals surface area contributed by atoms with Gasteiger partial charge in [-0.25, -0.2) is 4.98 Å². The van der Waals surface area contributed by atoms with Gasteiger partial charge in [-0.2, -0.15) is 9.97 Å². The van der Waals surface area contributed by atoms with Crippen LogP contribution in [0.1, 0.15) is 32.4 Å². The highest BCUT2D eigenvalue weighted by molar-refractivity contribution is 5.15. The Morgan fingerprint density at radius 2 is 1.86 bits per heavy atom. The van der Waals surface area contributed by atoms with Crippen LogP contribution < -0.4 is 11.1 Å². The molecule has 0 amide bonds. The van der Waals surface area contributed by atoms with Crippen LogP contribution in [0.2, 0.25) is 0 Å². The summed E-state index contributed by atoms with van der Waals surface area (Å²) in [7, 11) is 0. The number of nitrogens with two attached hydrogens (primary N) is 1. The quantitative estimate of drug-likeness (QED) is 0.724. The molecule has 0 fully saturated rings. The standard InChI is InChI=1S/C9H17N5/c1-6-12-7(14-8(10)13-6)5-11-9(2,3)4/h11H,5H2,1-4H3,(H2,10,12,13,14). The molecular weight excluding hydrogens is 178 g/mol. The van der Waals surface area contributed by atoms with Crippen LogP contribution in [-0.4, -0.2) is 20.5 Å². The van der Waals surface area contributed by atoms with Crippen LogP contribution in [0.5, 0.6) is 0 Å². The number of nitrogens with one attached hydrogen (secondary N) is 1. The number of hydrogen-bond donors (Lipinski definition) is 2. The minimum absolute atomic E-state index is 0.0509. The Bertz CT molecular complexity index is 295. The summed E-state index contributed by atoms with van der Waals surface area (Å²) in [6, 6.07) is 0. The Morgan fingerprint density at radius 3 is 2.36 bits per heavy atom. The molecule has 0 bridgehead atoms. The first-order valence-electron chi connectivity index (χ1n) is 4.59. The Balaban J connectivity index is 2.68. The molecular formula is C9H17N5. The second kappa shape index (κ2) is 3.88. The lowest BCUT2D eigenvalue weighted by Gasteiger charge is -2.19. The van der Waals surface area contributed by atoms with Gasteiger partial charge in [-0.05, 0) is 27.7 Å². The van der Waals surface area contributed by atoms with Crippen molar-refractivity contribution in [1.82, 2.24) is 20.3 Å². The van der Waals surface area contributed by atoms with E-state index in [9.17, 15) is 0 Å². The lowest BCUT2D eigenvalue weighted by atomic mass is 10.1. The Kier molecular flexibility index (Phi) is 3.00. The second-order valence-corrected chi connectivity index (χ2v) is 4.26. The molecule has 14 heavy (non-hydrogen) atoms. The molecule has 0 saturated heterocycles. The summed E-state index contributed by atoms with van der Waals surface area (Å²) in [5.41, 5.74) is 5.56. The second-order valence-electron chi connectivity index (χ2n) is 4.26. The van der Waals surface area contributed by atoms with E-state index in [0.29, 0.717) is 18.2 Å². The molecule has 0 aliphatic rings. The van der Waals surface area contributed by atoms with E-state index < -0.39 is 0 Å². The van der Waals surface area contributed by atoms with Crippen LogP contribution in [0.25, 0.3) is 0 Å². The third-order valence-corrected chi connectivity index (χ3v) is 1.59. The molecule has 78 valence electrons. The van der Waals surface area contributed by atoms with Crippen LogP contribution in [-0.2, 0) is 6.54 Å². The van der Waals surface area contributed by atoms with Crippen molar-refractivity contribution in [1.29, 1.82) is 0 Å². The topological polar surface area (TPSA) is 76.7 Å². The predicted molar refractivity (Wildman–Crippen MR) is 55.6 cm³/mol. The van der Waals surface area contributed by atoms with Gasteiger partial charge in [0.25, 0.3) is 0 Å². The van der Waals surface area contributed by atoms with E-state index in [0.717, 1.165) is 0 Å². The van der Waals surface area contributed by atoms with E-state index in [2.05, 4.69) is 41.0 Å². The molecule has 1 aromatic heterocycles. The summed E-state index contributed by atoms with van der Waals surface area (Å²) >= 11 is 0. The fraction of sp³-hybridized carbons (Fsp3) is 0.667. The van der Waals surface area contributed by atoms with Crippen molar-refractivity contribution < 1.29 is 0 Å². The lowest BCUT2D eigenvalue weighted by Crippen LogP contribution is -2.35. The molecule has 0 aliphatic carbocycles. The molecule has 0 saturated carbocycles. The third-order valence-electron chi connectivity index (χ3n) is 1.59. The molecule has 5 nitrogen and oxygen atoms in total. The number of anilines is 1. The van der Waals surface area contributed by atoms with Crippen molar-refractivity contribution in [2.24, 2.45) is 0 Å². The first-order chi connectivity index (χ1) is 6.37. The molecule has 0 spiro atoms. The van der Waals surface area contributed by atoms with Gasteiger partial charge in [0.2, 0.25) is 5.95 Å². The average molecular weight is 195 g/mol. The summed E-state index contributed by atoms with van der Waals surface area (Å²) in [5, 5.41) is 3.28. The fourth-order valence-electron chi connectivity index (χ4n) is 0.983. The normalized spacial score (nSPS) is 11.7. The predicted octanol–water partition coefficient (Wildman–Crippen LogP) is 0.650. The van der Waals surface area contributed by atoms with Gasteiger partial charge in [-0.15, -0.1) is 0 Å². The highest BCUT2D eigenvalue weighted by atomic mass is 15.1. The molecule has 5 heteroatoms. The smallest absolute Gasteiger partial charge is 0.223 e. The van der Waals surface area contributed by atoms with E-state index >= 15 is 0 Å². The van der Waals surface area contributed by atoms with Crippen LogP contribution in [0.3, 0.4) is 0 Å². The van der Waals surface area contributed by atoms with Crippen molar-refractivity contribution in [3.05, 3.63) is 11.6 Å². The zero-order valence-electron chi connectivity index (χ0n) is 9.13. The number of nitrogens with zero attached hydrogens (tertiary/aromatic N) is 3. The van der Waals surface area contributed by atoms with Crippen LogP contribution in [0.15, 0.2) is 0 Å². The van der Waals surface area contributed by atoms with Crippen molar-refractivity contribution in [2.45, 2.75) is 39.8 Å². The molecule has 0 aromatic carbocycles. The summed E-state index contributed by atoms with van der Waals surface area (Å²) in [6.07, 6.45) is 0. The molecule has 0 radical (unpaired) electrons. The molecule has 0 aliphatic heterocycles. The summed E-state index contributed by atoms with van der Waals surface area (Å²) < 4.78 is 0. The lowest BCUT2D eigenvalue weighted by molar-refractivity contribution is 0.417. The molecule has 0 unspecified atom stereocenters. The van der Waals surface area contributed by atoms with Crippen molar-refractivity contribution in [3.63, 3.8) is 0 Å². The molecule has 0 atom stereocenters. The summed E-state index contributed by atoms with van der Waals surface area (Å²) in [5.74, 6) is 1.62. The van der Waals surface area contributed by atoms with E-state index in [1.807, 2.05) is 0 Å². The zero-order valence-corrected chi connectivity index (χ0v) is 9.13. The van der Waals surface area contributed by atoms with Gasteiger partial charge in [0, 0.05) is 5.54 Å². The van der Waals surface area contributed by atoms with Crippen LogP contribution in [0, 0.1) is 6.92 Å². The SMILES string of the molecule is Cc1nc(N)nc(CNC(C)(C)C)n1. The first kappa shape index (κ1) is 10.8. The van der Waals surface area contributed by atoms with Crippen LogP contribution >= 0.6 is 0 Å². The van der Waals surface area contributed by atoms with Crippen molar-refractivity contribution in [2.75, 3.05) is 5.73 Å². The van der Waals surface area contributed by atoms with E-state index in [-0.39, 0.29) is 11.5 Å². The van der Waals surface area contributed by atoms with Crippen LogP contribution in [0.4, 0.5) is 5.95 Å². The van der Waals surface area contributed by atoms with Gasteiger partial charge in [0.15, 0.2) is 0 Å². The number of nitrogen functional groups attached to an aromatic ring is 1. The van der Waals surface area contributed by atoms with E-state index in [4.69, 9.17) is 5.73 Å². The molecule has 3 N–H and O–H groups in total. The van der Waals surface area contributed by atoms with Gasteiger partial charge in [0.1, 0.15) is 11.6 Å². The van der Waals surface area contributed by atoms with E-state index in [1.165, 1.54) is 0 Å². The third kappa shape index (κ3) is 3.66. The zero-order chi connectivity index (χ0) is 10.8. The van der Waals surface area contributed by atoms with Crippen molar-refractivity contribution in [3.8, 4) is 0 Å². The maximum Gasteiger partial charge on any atom is 0.223 e. The van der Waals surface area contributed by atoms with Gasteiger partial charge < -0.3 is 11.1 Å². The summed E-state index contributed by atoms with van der Waals surface area (Å²) in [6.45, 7) is 8.68. The average Bonchev–Trinajstić information content (AvgIpc) is 1.97. The molecule has 1 aromatic rings. The Labute approximate surface area is 84.2 Å². The first-order valence-corrected chi connectivity index (χ1v) is 4.59. The van der Waals surface area contributed by atoms with Gasteiger partial charge in [-0.3, -0.25) is 0 Å². The number of aryl methyl sites for hydroxylation is 1. The van der Waals surface area contributed by atoms with E-state index in [1.54, 1.807) is 6.92 Å². The number of hydrogen-bond acceptors (Lipinski definition) is 5. The van der Waals surface area contributed by atoms with Gasteiger partial charge >= 0.3 is 0 Å². The highest BCUT2D eigenvalue weighted by Crippen LogP contribution is 2.01. The maximum absolute atomic E-state index is 5.51. The van der Waals surface area contributed by atoms with Crippen molar-refractivity contribution >= 4 is 5.95 Å². The Morgan fingerprint density at radius 1 is 1.21 bits per heavy atom. The maximum atomic E-state index is 5.51. The minimum Gasteiger partial charge on any atom is -0.368 e. The number of rotatable bonds is 2. The minimum atomic E-state index is 0.0509. The van der Waals surface area contributed by atoms with Gasteiger partial charge in [0.05, 0.1) is 6.54 Å². The molecule has 1 rings (SSSR count). The largest absolute Gasteiger partial charge is 0.368 e. The highest BCUT2D eigenvalue weighted by Gasteiger charge is 2.10.